The molecular weight excluding hydrogens is 431 g/mol. The van der Waals surface area contributed by atoms with Crippen molar-refractivity contribution in [2.75, 3.05) is 32.1 Å². The number of rotatable bonds is 8. The predicted molar refractivity (Wildman–Crippen MR) is 119 cm³/mol. The van der Waals surface area contributed by atoms with Crippen molar-refractivity contribution in [1.29, 1.82) is 0 Å². The molecule has 0 saturated carbocycles. The number of nitrogens with zero attached hydrogens (tertiary/aromatic N) is 1. The minimum absolute atomic E-state index is 0. The van der Waals surface area contributed by atoms with Crippen LogP contribution in [0.3, 0.4) is 0 Å². The highest BCUT2D eigenvalue weighted by atomic mass is 127. The van der Waals surface area contributed by atoms with E-state index < -0.39 is 0 Å². The molecule has 0 atom stereocenters. The number of aromatic nitrogens is 1. The highest BCUT2D eigenvalue weighted by Gasteiger charge is 2.07. The van der Waals surface area contributed by atoms with E-state index in [1.165, 1.54) is 40.8 Å². The molecule has 3 N–H and O–H groups in total. The summed E-state index contributed by atoms with van der Waals surface area (Å²) in [5, 5.41) is 8.12. The number of fused-ring (bicyclic) bond motifs is 1. The van der Waals surface area contributed by atoms with E-state index >= 15 is 0 Å². The maximum absolute atomic E-state index is 4.29. The Morgan fingerprint density at radius 3 is 2.67 bits per heavy atom. The lowest BCUT2D eigenvalue weighted by Gasteiger charge is -2.12. The van der Waals surface area contributed by atoms with Crippen molar-refractivity contribution in [2.24, 2.45) is 4.99 Å². The van der Waals surface area contributed by atoms with Gasteiger partial charge in [-0.2, -0.15) is 11.8 Å². The van der Waals surface area contributed by atoms with E-state index in [-0.39, 0.29) is 24.0 Å². The third kappa shape index (κ3) is 6.20. The molecule has 0 aliphatic heterocycles. The zero-order valence-electron chi connectivity index (χ0n) is 14.8. The van der Waals surface area contributed by atoms with Crippen LogP contribution in [0.1, 0.15) is 24.1 Å². The van der Waals surface area contributed by atoms with E-state index in [2.05, 4.69) is 58.1 Å². The summed E-state index contributed by atoms with van der Waals surface area (Å²) in [5.74, 6) is 2.12. The van der Waals surface area contributed by atoms with E-state index in [0.717, 1.165) is 25.5 Å². The first kappa shape index (κ1) is 21.2. The lowest BCUT2D eigenvalue weighted by Crippen LogP contribution is -2.38. The number of thioether (sulfide) groups is 1. The van der Waals surface area contributed by atoms with Crippen molar-refractivity contribution < 1.29 is 0 Å². The number of H-pyrrole nitrogens is 1. The Balaban J connectivity index is 0.00000288. The van der Waals surface area contributed by atoms with Crippen molar-refractivity contribution in [3.8, 4) is 0 Å². The normalized spacial score (nSPS) is 11.4. The van der Waals surface area contributed by atoms with Crippen molar-refractivity contribution in [3.63, 3.8) is 0 Å². The van der Waals surface area contributed by atoms with Gasteiger partial charge in [0.2, 0.25) is 0 Å². The highest BCUT2D eigenvalue weighted by Crippen LogP contribution is 2.21. The summed E-state index contributed by atoms with van der Waals surface area (Å²) in [7, 11) is 1.83. The molecule has 1 aromatic carbocycles. The van der Waals surface area contributed by atoms with Gasteiger partial charge in [-0.3, -0.25) is 4.99 Å². The first-order chi connectivity index (χ1) is 11.3. The van der Waals surface area contributed by atoms with E-state index in [4.69, 9.17) is 0 Å². The lowest BCUT2D eigenvalue weighted by atomic mass is 10.1. The summed E-state index contributed by atoms with van der Waals surface area (Å²) in [5.41, 5.74) is 3.87. The van der Waals surface area contributed by atoms with E-state index in [9.17, 15) is 0 Å². The van der Waals surface area contributed by atoms with Crippen molar-refractivity contribution in [1.82, 2.24) is 15.6 Å². The molecule has 24 heavy (non-hydrogen) atoms. The zero-order chi connectivity index (χ0) is 16.5. The largest absolute Gasteiger partial charge is 0.358 e. The SMILES string of the molecule is CN=C(NCCCCSC)NCCc1c(C)[nH]c2ccccc12.I. The van der Waals surface area contributed by atoms with Crippen LogP contribution in [0.5, 0.6) is 0 Å². The smallest absolute Gasteiger partial charge is 0.190 e. The van der Waals surface area contributed by atoms with E-state index in [1.54, 1.807) is 0 Å². The van der Waals surface area contributed by atoms with Crippen molar-refractivity contribution >= 4 is 52.6 Å². The van der Waals surface area contributed by atoms with Gasteiger partial charge in [0.1, 0.15) is 0 Å². The topological polar surface area (TPSA) is 52.2 Å². The number of aliphatic imine (C=N–C) groups is 1. The molecule has 0 fully saturated rings. The number of hydrogen-bond acceptors (Lipinski definition) is 2. The van der Waals surface area contributed by atoms with Crippen LogP contribution in [0.2, 0.25) is 0 Å². The summed E-state index contributed by atoms with van der Waals surface area (Å²) in [6.07, 6.45) is 5.58. The lowest BCUT2D eigenvalue weighted by molar-refractivity contribution is 0.730. The van der Waals surface area contributed by atoms with E-state index in [1.807, 2.05) is 18.8 Å². The van der Waals surface area contributed by atoms with Gasteiger partial charge in [0.25, 0.3) is 0 Å². The number of hydrogen-bond donors (Lipinski definition) is 3. The van der Waals surface area contributed by atoms with Gasteiger partial charge in [-0.05, 0) is 49.8 Å². The number of aryl methyl sites for hydroxylation is 1. The molecule has 2 aromatic rings. The molecule has 0 aliphatic rings. The summed E-state index contributed by atoms with van der Waals surface area (Å²) in [4.78, 5) is 7.75. The molecule has 0 amide bonds. The number of guanidine groups is 1. The molecule has 0 radical (unpaired) electrons. The molecule has 0 saturated heterocycles. The molecule has 6 heteroatoms. The Hall–Kier alpha value is -0.890. The Morgan fingerprint density at radius 1 is 1.17 bits per heavy atom. The van der Waals surface area contributed by atoms with Crippen LogP contribution < -0.4 is 10.6 Å². The van der Waals surface area contributed by atoms with Crippen LogP contribution in [0, 0.1) is 6.92 Å². The molecule has 134 valence electrons. The molecule has 0 spiro atoms. The second-order valence-corrected chi connectivity index (χ2v) is 6.64. The number of nitrogens with one attached hydrogen (secondary N) is 3. The average molecular weight is 460 g/mol. The molecule has 0 bridgehead atoms. The molecule has 1 heterocycles. The maximum atomic E-state index is 4.29. The zero-order valence-corrected chi connectivity index (χ0v) is 18.0. The van der Waals surface area contributed by atoms with Crippen LogP contribution in [-0.4, -0.2) is 43.1 Å². The Labute approximate surface area is 166 Å². The van der Waals surface area contributed by atoms with Crippen LogP contribution >= 0.6 is 35.7 Å². The van der Waals surface area contributed by atoms with Gasteiger partial charge in [0.15, 0.2) is 5.96 Å². The molecule has 1 aromatic heterocycles. The number of halogens is 1. The standard InChI is InChI=1S/C18H28N4S.HI/c1-14-15(16-8-4-5-9-17(16)22-14)10-12-21-18(19-2)20-11-6-7-13-23-3;/h4-5,8-9,22H,6-7,10-13H2,1-3H3,(H2,19,20,21);1H. The number of aromatic amines is 1. The first-order valence-corrected chi connectivity index (χ1v) is 9.65. The molecule has 0 aliphatic carbocycles. The third-order valence-corrected chi connectivity index (χ3v) is 4.68. The molecular formula is C18H29IN4S. The van der Waals surface area contributed by atoms with E-state index in [0.29, 0.717) is 0 Å². The van der Waals surface area contributed by atoms with Crippen LogP contribution in [0.15, 0.2) is 29.3 Å². The van der Waals surface area contributed by atoms with Crippen molar-refractivity contribution in [2.45, 2.75) is 26.2 Å². The molecule has 2 rings (SSSR count). The summed E-state index contributed by atoms with van der Waals surface area (Å²) in [6, 6.07) is 8.49. The monoisotopic (exact) mass is 460 g/mol. The fourth-order valence-electron chi connectivity index (χ4n) is 2.76. The Morgan fingerprint density at radius 2 is 1.92 bits per heavy atom. The average Bonchev–Trinajstić information content (AvgIpc) is 2.88. The van der Waals surface area contributed by atoms with Crippen LogP contribution in [0.25, 0.3) is 10.9 Å². The number of benzene rings is 1. The Bertz CT molecular complexity index is 639. The summed E-state index contributed by atoms with van der Waals surface area (Å²) in [6.45, 7) is 4.01. The quantitative estimate of drug-likeness (QED) is 0.242. The van der Waals surface area contributed by atoms with Crippen LogP contribution in [0.4, 0.5) is 0 Å². The molecule has 0 unspecified atom stereocenters. The predicted octanol–water partition coefficient (Wildman–Crippen LogP) is 3.95. The van der Waals surface area contributed by atoms with Gasteiger partial charge >= 0.3 is 0 Å². The van der Waals surface area contributed by atoms with Crippen LogP contribution in [-0.2, 0) is 6.42 Å². The fourth-order valence-corrected chi connectivity index (χ4v) is 3.25. The summed E-state index contributed by atoms with van der Waals surface area (Å²) >= 11 is 1.90. The van der Waals surface area contributed by atoms with Gasteiger partial charge in [0.05, 0.1) is 0 Å². The maximum Gasteiger partial charge on any atom is 0.190 e. The van der Waals surface area contributed by atoms with Crippen molar-refractivity contribution in [3.05, 3.63) is 35.5 Å². The second kappa shape index (κ2) is 11.6. The minimum Gasteiger partial charge on any atom is -0.358 e. The highest BCUT2D eigenvalue weighted by molar-refractivity contribution is 14.0. The minimum atomic E-state index is 0. The van der Waals surface area contributed by atoms with Gasteiger partial charge in [-0.15, -0.1) is 24.0 Å². The van der Waals surface area contributed by atoms with Gasteiger partial charge < -0.3 is 15.6 Å². The Kier molecular flexibility index (Phi) is 10.2. The third-order valence-electron chi connectivity index (χ3n) is 3.99. The molecule has 4 nitrogen and oxygen atoms in total. The van der Waals surface area contributed by atoms with Gasteiger partial charge in [0, 0.05) is 36.7 Å². The van der Waals surface area contributed by atoms with Gasteiger partial charge in [-0.1, -0.05) is 18.2 Å². The van der Waals surface area contributed by atoms with Gasteiger partial charge in [-0.25, -0.2) is 0 Å². The number of para-hydroxylation sites is 1. The summed E-state index contributed by atoms with van der Waals surface area (Å²) < 4.78 is 0. The first-order valence-electron chi connectivity index (χ1n) is 8.26. The number of unbranched alkanes of at least 4 members (excludes halogenated alkanes) is 1. The fraction of sp³-hybridized carbons (Fsp3) is 0.500. The second-order valence-electron chi connectivity index (χ2n) is 5.65.